The van der Waals surface area contributed by atoms with Crippen molar-refractivity contribution in [3.8, 4) is 0 Å². The lowest BCUT2D eigenvalue weighted by atomic mass is 10.4. The van der Waals surface area contributed by atoms with Gasteiger partial charge in [-0.05, 0) is 6.42 Å². The van der Waals surface area contributed by atoms with Gasteiger partial charge in [0.2, 0.25) is 0 Å². The standard InChI is InChI=1S/C6H11ClO2/c1-2-6-8-4-5(3-7)9-6/h5-6H,2-4H2,1H3/t5-,6-/m1/s1. The lowest BCUT2D eigenvalue weighted by Crippen LogP contribution is -2.12. The molecule has 3 heteroatoms. The molecule has 1 aliphatic heterocycles. The van der Waals surface area contributed by atoms with Crippen molar-refractivity contribution in [2.24, 2.45) is 0 Å². The molecule has 54 valence electrons. The molecule has 0 aliphatic carbocycles. The monoisotopic (exact) mass is 150 g/mol. The SMILES string of the molecule is CC[C@@H]1OC[C@@H](CCl)O1. The Labute approximate surface area is 60.1 Å². The van der Waals surface area contributed by atoms with E-state index < -0.39 is 0 Å². The van der Waals surface area contributed by atoms with Crippen LogP contribution < -0.4 is 0 Å². The largest absolute Gasteiger partial charge is 0.350 e. The van der Waals surface area contributed by atoms with Gasteiger partial charge < -0.3 is 9.47 Å². The molecule has 0 radical (unpaired) electrons. The van der Waals surface area contributed by atoms with Gasteiger partial charge in [0.25, 0.3) is 0 Å². The molecule has 1 heterocycles. The lowest BCUT2D eigenvalue weighted by molar-refractivity contribution is -0.0552. The maximum absolute atomic E-state index is 5.53. The quantitative estimate of drug-likeness (QED) is 0.554. The lowest BCUT2D eigenvalue weighted by Gasteiger charge is -2.05. The highest BCUT2D eigenvalue weighted by molar-refractivity contribution is 6.18. The predicted octanol–water partition coefficient (Wildman–Crippen LogP) is 1.38. The third-order valence-electron chi connectivity index (χ3n) is 1.32. The molecule has 0 aromatic rings. The molecule has 1 saturated heterocycles. The molecule has 0 spiro atoms. The van der Waals surface area contributed by atoms with Crippen LogP contribution in [0.2, 0.25) is 0 Å². The van der Waals surface area contributed by atoms with Gasteiger partial charge in [-0.15, -0.1) is 11.6 Å². The van der Waals surface area contributed by atoms with Crippen molar-refractivity contribution >= 4 is 11.6 Å². The van der Waals surface area contributed by atoms with E-state index in [1.807, 2.05) is 6.92 Å². The van der Waals surface area contributed by atoms with Gasteiger partial charge in [-0.2, -0.15) is 0 Å². The molecular weight excluding hydrogens is 140 g/mol. The molecule has 0 saturated carbocycles. The van der Waals surface area contributed by atoms with Crippen LogP contribution in [0.25, 0.3) is 0 Å². The Bertz CT molecular complexity index is 77.1. The van der Waals surface area contributed by atoms with E-state index in [1.165, 1.54) is 0 Å². The first-order valence-corrected chi connectivity index (χ1v) is 3.73. The molecule has 2 atom stereocenters. The van der Waals surface area contributed by atoms with E-state index in [1.54, 1.807) is 0 Å². The van der Waals surface area contributed by atoms with Crippen molar-refractivity contribution in [3.05, 3.63) is 0 Å². The number of alkyl halides is 1. The van der Waals surface area contributed by atoms with Gasteiger partial charge in [0.15, 0.2) is 6.29 Å². The second-order valence-electron chi connectivity index (χ2n) is 2.08. The van der Waals surface area contributed by atoms with Crippen LogP contribution in [0.1, 0.15) is 13.3 Å². The van der Waals surface area contributed by atoms with Gasteiger partial charge in [-0.3, -0.25) is 0 Å². The van der Waals surface area contributed by atoms with Crippen LogP contribution in [-0.2, 0) is 9.47 Å². The molecule has 9 heavy (non-hydrogen) atoms. The van der Waals surface area contributed by atoms with Gasteiger partial charge in [-0.1, -0.05) is 6.92 Å². The summed E-state index contributed by atoms with van der Waals surface area (Å²) in [6.07, 6.45) is 1.03. The maximum atomic E-state index is 5.53. The topological polar surface area (TPSA) is 18.5 Å². The Kier molecular flexibility index (Phi) is 2.76. The van der Waals surface area contributed by atoms with Gasteiger partial charge in [0, 0.05) is 0 Å². The fourth-order valence-corrected chi connectivity index (χ4v) is 0.965. The normalized spacial score (nSPS) is 35.3. The third kappa shape index (κ3) is 1.81. The number of ether oxygens (including phenoxy) is 2. The van der Waals surface area contributed by atoms with Crippen LogP contribution in [0.3, 0.4) is 0 Å². The Morgan fingerprint density at radius 2 is 2.44 bits per heavy atom. The Morgan fingerprint density at radius 3 is 2.78 bits per heavy atom. The van der Waals surface area contributed by atoms with Gasteiger partial charge in [0.05, 0.1) is 18.6 Å². The number of rotatable bonds is 2. The highest BCUT2D eigenvalue weighted by atomic mass is 35.5. The zero-order valence-corrected chi connectivity index (χ0v) is 6.23. The van der Waals surface area contributed by atoms with Crippen LogP contribution in [0.15, 0.2) is 0 Å². The first-order valence-electron chi connectivity index (χ1n) is 3.19. The highest BCUT2D eigenvalue weighted by Gasteiger charge is 2.22. The van der Waals surface area contributed by atoms with Crippen LogP contribution in [0.4, 0.5) is 0 Å². The minimum Gasteiger partial charge on any atom is -0.350 e. The Hall–Kier alpha value is 0.210. The second kappa shape index (κ2) is 3.40. The van der Waals surface area contributed by atoms with E-state index >= 15 is 0 Å². The summed E-state index contributed by atoms with van der Waals surface area (Å²) in [5, 5.41) is 0. The van der Waals surface area contributed by atoms with Crippen molar-refractivity contribution in [1.82, 2.24) is 0 Å². The van der Waals surface area contributed by atoms with Crippen molar-refractivity contribution in [2.45, 2.75) is 25.7 Å². The first-order chi connectivity index (χ1) is 4.36. The van der Waals surface area contributed by atoms with Gasteiger partial charge >= 0.3 is 0 Å². The van der Waals surface area contributed by atoms with E-state index in [0.29, 0.717) is 12.5 Å². The van der Waals surface area contributed by atoms with Crippen molar-refractivity contribution < 1.29 is 9.47 Å². The highest BCUT2D eigenvalue weighted by Crippen LogP contribution is 2.14. The molecule has 0 amide bonds. The molecule has 0 aromatic carbocycles. The zero-order valence-electron chi connectivity index (χ0n) is 5.47. The molecule has 0 unspecified atom stereocenters. The van der Waals surface area contributed by atoms with E-state index in [0.717, 1.165) is 6.42 Å². The fourth-order valence-electron chi connectivity index (χ4n) is 0.803. The Balaban J connectivity index is 2.20. The van der Waals surface area contributed by atoms with Crippen molar-refractivity contribution in [3.63, 3.8) is 0 Å². The summed E-state index contributed by atoms with van der Waals surface area (Å²) in [4.78, 5) is 0. The summed E-state index contributed by atoms with van der Waals surface area (Å²) in [7, 11) is 0. The van der Waals surface area contributed by atoms with E-state index in [9.17, 15) is 0 Å². The van der Waals surface area contributed by atoms with Crippen molar-refractivity contribution in [1.29, 1.82) is 0 Å². The number of halogens is 1. The molecule has 0 aromatic heterocycles. The molecule has 2 nitrogen and oxygen atoms in total. The summed E-state index contributed by atoms with van der Waals surface area (Å²) in [5.74, 6) is 0.538. The summed E-state index contributed by atoms with van der Waals surface area (Å²) in [6.45, 7) is 2.68. The summed E-state index contributed by atoms with van der Waals surface area (Å²) < 4.78 is 10.5. The predicted molar refractivity (Wildman–Crippen MR) is 35.6 cm³/mol. The molecule has 1 fully saturated rings. The van der Waals surface area contributed by atoms with E-state index in [4.69, 9.17) is 21.1 Å². The van der Waals surface area contributed by atoms with E-state index in [-0.39, 0.29) is 12.4 Å². The average molecular weight is 151 g/mol. The first kappa shape index (κ1) is 7.32. The smallest absolute Gasteiger partial charge is 0.157 e. The zero-order chi connectivity index (χ0) is 6.69. The second-order valence-corrected chi connectivity index (χ2v) is 2.39. The van der Waals surface area contributed by atoms with Crippen LogP contribution in [0, 0.1) is 0 Å². The summed E-state index contributed by atoms with van der Waals surface area (Å²) in [5.41, 5.74) is 0. The summed E-state index contributed by atoms with van der Waals surface area (Å²) in [6, 6.07) is 0. The number of hydrogen-bond donors (Lipinski definition) is 0. The van der Waals surface area contributed by atoms with E-state index in [2.05, 4.69) is 0 Å². The van der Waals surface area contributed by atoms with Crippen LogP contribution >= 0.6 is 11.6 Å². The van der Waals surface area contributed by atoms with Crippen LogP contribution in [0.5, 0.6) is 0 Å². The molecule has 1 aliphatic rings. The molecular formula is C6H11ClO2. The fraction of sp³-hybridized carbons (Fsp3) is 1.00. The minimum absolute atomic E-state index is 0.00579. The minimum atomic E-state index is -0.00579. The molecule has 0 bridgehead atoms. The third-order valence-corrected chi connectivity index (χ3v) is 1.66. The Morgan fingerprint density at radius 1 is 1.67 bits per heavy atom. The maximum Gasteiger partial charge on any atom is 0.157 e. The molecule has 1 rings (SSSR count). The van der Waals surface area contributed by atoms with Crippen LogP contribution in [-0.4, -0.2) is 24.9 Å². The molecule has 0 N–H and O–H groups in total. The van der Waals surface area contributed by atoms with Gasteiger partial charge in [0.1, 0.15) is 0 Å². The van der Waals surface area contributed by atoms with Gasteiger partial charge in [-0.25, -0.2) is 0 Å². The average Bonchev–Trinajstić information content (AvgIpc) is 2.34. The van der Waals surface area contributed by atoms with Crippen molar-refractivity contribution in [2.75, 3.05) is 12.5 Å². The summed E-state index contributed by atoms with van der Waals surface area (Å²) >= 11 is 5.53. The number of hydrogen-bond acceptors (Lipinski definition) is 2.